The summed E-state index contributed by atoms with van der Waals surface area (Å²) in [5, 5.41) is 0. The fourth-order valence-electron chi connectivity index (χ4n) is 16.8. The fourth-order valence-corrected chi connectivity index (χ4v) is 42.5. The van der Waals surface area contributed by atoms with Crippen LogP contribution in [0.1, 0.15) is 134 Å². The van der Waals surface area contributed by atoms with Gasteiger partial charge in [-0.25, -0.2) is 0 Å². The van der Waals surface area contributed by atoms with E-state index in [0.29, 0.717) is 5.56 Å². The molecule has 0 radical (unpaired) electrons. The Morgan fingerprint density at radius 1 is 0.301 bits per heavy atom. The van der Waals surface area contributed by atoms with Crippen molar-refractivity contribution >= 4 is 22.2 Å². The van der Waals surface area contributed by atoms with Gasteiger partial charge in [-0.05, 0) is 0 Å². The van der Waals surface area contributed by atoms with Crippen LogP contribution in [0.5, 0.6) is 0 Å². The summed E-state index contributed by atoms with van der Waals surface area (Å²) in [6.07, 6.45) is -4.62. The summed E-state index contributed by atoms with van der Waals surface area (Å²) in [4.78, 5) is 19.4. The third-order valence-electron chi connectivity index (χ3n) is 18.6. The van der Waals surface area contributed by atoms with Crippen LogP contribution in [-0.4, -0.2) is 22.2 Å². The van der Waals surface area contributed by atoms with Crippen LogP contribution >= 0.6 is 0 Å². The van der Waals surface area contributed by atoms with Gasteiger partial charge in [-0.1, -0.05) is 0 Å². The number of hydrogen-bond donors (Lipinski definition) is 0. The summed E-state index contributed by atoms with van der Waals surface area (Å²) < 4.78 is 41.4. The molecule has 10 aromatic rings. The molecular formula is C68H43F3OSn. The Balaban J connectivity index is 1.29. The Morgan fingerprint density at radius 3 is 0.685 bits per heavy atom. The minimum atomic E-state index is -6.65. The molecule has 0 aliphatic heterocycles. The molecule has 6 bridgehead atoms. The molecule has 0 N–H and O–H groups in total. The molecule has 0 unspecified atom stereocenters. The maximum atomic E-state index is 19.4. The van der Waals surface area contributed by atoms with Crippen molar-refractivity contribution in [3.8, 4) is 0 Å². The molecule has 73 heavy (non-hydrogen) atoms. The van der Waals surface area contributed by atoms with E-state index in [2.05, 4.69) is 218 Å². The topological polar surface area (TPSA) is 17.1 Å². The predicted octanol–water partition coefficient (Wildman–Crippen LogP) is 15.0. The monoisotopic (exact) mass is 1050 g/mol. The zero-order valence-corrected chi connectivity index (χ0v) is 42.2. The molecule has 0 fully saturated rings. The molecule has 0 aromatic heterocycles. The van der Waals surface area contributed by atoms with E-state index in [9.17, 15) is 0 Å². The normalized spacial score (nSPS) is 24.0. The van der Waals surface area contributed by atoms with Gasteiger partial charge in [0.25, 0.3) is 0 Å². The van der Waals surface area contributed by atoms with Crippen molar-refractivity contribution in [1.82, 2.24) is 0 Å². The van der Waals surface area contributed by atoms with Crippen molar-refractivity contribution in [1.29, 1.82) is 0 Å². The zero-order chi connectivity index (χ0) is 48.6. The maximum absolute atomic E-state index is 19.4. The standard InChI is InChI=1S/3C20H13.C8H4F3O.Sn/c3*1-2-8-14-13(7-1)19-15-9-3-5-11-17(15)20(14)18-12-6-4-10-16(18)19;9-8(10,11)7-3-1-6(5-12)2-4-7;/h3*1-12,19H;1-4H;. The minimum absolute atomic E-state index is 0.0256. The van der Waals surface area contributed by atoms with E-state index in [0.717, 1.165) is 62.2 Å². The number of alkyl halides is 3. The van der Waals surface area contributed by atoms with Gasteiger partial charge in [0.1, 0.15) is 0 Å². The molecule has 9 aliphatic carbocycles. The van der Waals surface area contributed by atoms with Gasteiger partial charge in [-0.15, -0.1) is 0 Å². The predicted molar refractivity (Wildman–Crippen MR) is 282 cm³/mol. The number of hydrogen-bond acceptors (Lipinski definition) is 1. The van der Waals surface area contributed by atoms with Crippen LogP contribution in [0.4, 0.5) is 13.2 Å². The number of carbonyl (C=O) groups is 1. The van der Waals surface area contributed by atoms with Gasteiger partial charge in [0.15, 0.2) is 0 Å². The van der Waals surface area contributed by atoms with E-state index in [4.69, 9.17) is 0 Å². The number of benzene rings is 10. The number of rotatable bonds is 5. The van der Waals surface area contributed by atoms with E-state index in [1.807, 2.05) is 0 Å². The summed E-state index contributed by atoms with van der Waals surface area (Å²) in [7, 11) is 0. The quantitative estimate of drug-likeness (QED) is 0.157. The second-order valence-corrected chi connectivity index (χ2v) is 33.0. The summed E-state index contributed by atoms with van der Waals surface area (Å²) >= 11 is -6.65. The van der Waals surface area contributed by atoms with Crippen molar-refractivity contribution < 1.29 is 18.0 Å². The second-order valence-electron chi connectivity index (χ2n) is 21.0. The summed E-state index contributed by atoms with van der Waals surface area (Å²) in [5.74, 6) is -0.351. The van der Waals surface area contributed by atoms with Crippen LogP contribution in [0.2, 0.25) is 0 Å². The Kier molecular flexibility index (Phi) is 8.26. The molecular weight excluding hydrogens is 1010 g/mol. The first-order chi connectivity index (χ1) is 35.8. The number of carbonyl (C=O) groups excluding carboxylic acids is 1. The van der Waals surface area contributed by atoms with E-state index in [1.165, 1.54) is 62.2 Å². The SMILES string of the molecule is O=[C](c1ccc(C(F)(F)F)cc1)[Sn]([C]12c3ccccc3C(c3ccccc31)c1ccccc12)([C]12c3ccccc3C(c3ccccc31)c1ccccc12)[C]12c3ccccc3C(c3ccccc31)c1ccccc12. The average molecular weight is 1050 g/mol. The Labute approximate surface area is 425 Å². The summed E-state index contributed by atoms with van der Waals surface area (Å²) in [5.41, 5.74) is 20.2. The average Bonchev–Trinajstić information content (AvgIpc) is 3.62. The van der Waals surface area contributed by atoms with Gasteiger partial charge < -0.3 is 0 Å². The van der Waals surface area contributed by atoms with Crippen molar-refractivity contribution in [2.24, 2.45) is 0 Å². The molecule has 9 aliphatic rings. The molecule has 10 aromatic carbocycles. The van der Waals surface area contributed by atoms with Crippen LogP contribution in [0, 0.1) is 0 Å². The first kappa shape index (κ1) is 42.0. The summed E-state index contributed by atoms with van der Waals surface area (Å²) in [6, 6.07) is 86.0. The van der Waals surface area contributed by atoms with Crippen molar-refractivity contribution in [2.45, 2.75) is 34.2 Å². The van der Waals surface area contributed by atoms with Crippen LogP contribution in [0.25, 0.3) is 0 Å². The van der Waals surface area contributed by atoms with Crippen LogP contribution in [-0.2, 0) is 16.5 Å². The third kappa shape index (κ3) is 4.57. The molecule has 0 saturated heterocycles. The van der Waals surface area contributed by atoms with Crippen molar-refractivity contribution in [3.05, 3.63) is 354 Å². The Bertz CT molecular complexity index is 3340. The van der Waals surface area contributed by atoms with E-state index in [1.54, 1.807) is 0 Å². The molecule has 0 atom stereocenters. The first-order valence-electron chi connectivity index (χ1n) is 25.4. The van der Waals surface area contributed by atoms with Gasteiger partial charge in [0.2, 0.25) is 0 Å². The number of halogens is 3. The van der Waals surface area contributed by atoms with Gasteiger partial charge in [-0.2, -0.15) is 0 Å². The molecule has 0 spiro atoms. The molecule has 5 heteroatoms. The zero-order valence-electron chi connectivity index (χ0n) is 39.4. The second kappa shape index (κ2) is 14.4. The van der Waals surface area contributed by atoms with Crippen LogP contribution < -0.4 is 0 Å². The molecule has 346 valence electrons. The van der Waals surface area contributed by atoms with Crippen molar-refractivity contribution in [2.75, 3.05) is 0 Å². The van der Waals surface area contributed by atoms with Gasteiger partial charge >= 0.3 is 428 Å². The van der Waals surface area contributed by atoms with Crippen LogP contribution in [0.3, 0.4) is 0 Å². The Morgan fingerprint density at radius 2 is 0.493 bits per heavy atom. The molecule has 19 rings (SSSR count). The van der Waals surface area contributed by atoms with Gasteiger partial charge in [0, 0.05) is 0 Å². The van der Waals surface area contributed by atoms with E-state index >= 15 is 18.0 Å². The van der Waals surface area contributed by atoms with Gasteiger partial charge in [0.05, 0.1) is 0 Å². The fraction of sp³-hybridized carbons (Fsp3) is 0.103. The summed E-state index contributed by atoms with van der Waals surface area (Å²) in [6.45, 7) is 0. The Hall–Kier alpha value is -7.54. The molecule has 1 nitrogen and oxygen atoms in total. The molecule has 0 amide bonds. The van der Waals surface area contributed by atoms with E-state index in [-0.39, 0.29) is 21.6 Å². The van der Waals surface area contributed by atoms with Crippen LogP contribution in [0.15, 0.2) is 243 Å². The first-order valence-corrected chi connectivity index (χ1v) is 31.1. The van der Waals surface area contributed by atoms with Crippen molar-refractivity contribution in [3.63, 3.8) is 0 Å². The third-order valence-corrected chi connectivity index (χ3v) is 37.9. The molecule has 0 saturated carbocycles. The van der Waals surface area contributed by atoms with Gasteiger partial charge in [-0.3, -0.25) is 0 Å². The molecule has 0 heterocycles. The van der Waals surface area contributed by atoms with E-state index < -0.39 is 40.4 Å².